The highest BCUT2D eigenvalue weighted by atomic mass is 35.5. The first-order chi connectivity index (χ1) is 10.3. The van der Waals surface area contributed by atoms with Crippen LogP contribution in [-0.4, -0.2) is 36.1 Å². The van der Waals surface area contributed by atoms with Gasteiger partial charge in [0.2, 0.25) is 0 Å². The molecule has 130 valence electrons. The number of nitrogens with zero attached hydrogens (tertiary/aromatic N) is 2. The summed E-state index contributed by atoms with van der Waals surface area (Å²) in [6.07, 6.45) is 0.906. The number of non-ortho nitro benzene ring substituents is 1. The van der Waals surface area contributed by atoms with Gasteiger partial charge in [0.15, 0.2) is 0 Å². The Labute approximate surface area is 139 Å². The molecule has 1 aliphatic rings. The molecule has 2 rings (SSSR count). The maximum Gasteiger partial charge on any atom is 0.387 e. The monoisotopic (exact) mass is 351 g/mol. The molecule has 1 aromatic carbocycles. The third kappa shape index (κ3) is 4.98. The van der Waals surface area contributed by atoms with Crippen molar-refractivity contribution in [3.63, 3.8) is 0 Å². The number of hydrogen-bond donors (Lipinski definition) is 1. The lowest BCUT2D eigenvalue weighted by molar-refractivity contribution is -0.385. The number of ether oxygens (including phenoxy) is 1. The first-order valence-electron chi connectivity index (χ1n) is 6.97. The van der Waals surface area contributed by atoms with E-state index < -0.39 is 11.5 Å². The van der Waals surface area contributed by atoms with E-state index in [2.05, 4.69) is 11.7 Å². The number of alkyl halides is 2. The smallest absolute Gasteiger partial charge is 0.387 e. The van der Waals surface area contributed by atoms with E-state index in [9.17, 15) is 18.9 Å². The maximum atomic E-state index is 12.5. The topological polar surface area (TPSA) is 81.6 Å². The molecule has 1 aromatic rings. The minimum atomic E-state index is -2.96. The molecule has 0 aliphatic carbocycles. The number of likely N-dealkylation sites (tertiary alicyclic amines) is 1. The Bertz CT molecular complexity index is 562. The summed E-state index contributed by atoms with van der Waals surface area (Å²) in [4.78, 5) is 12.4. The molecule has 1 unspecified atom stereocenters. The Morgan fingerprint density at radius 1 is 1.52 bits per heavy atom. The van der Waals surface area contributed by atoms with Crippen molar-refractivity contribution in [2.75, 3.05) is 19.6 Å². The van der Waals surface area contributed by atoms with E-state index in [1.54, 1.807) is 0 Å². The molecule has 0 radical (unpaired) electrons. The molecule has 9 heteroatoms. The Morgan fingerprint density at radius 2 is 2.22 bits per heavy atom. The number of nitro benzene ring substituents is 1. The fraction of sp³-hybridized carbons (Fsp3) is 0.571. The van der Waals surface area contributed by atoms with Gasteiger partial charge in [-0.15, -0.1) is 12.4 Å². The summed E-state index contributed by atoms with van der Waals surface area (Å²) in [7, 11) is 0. The number of rotatable bonds is 6. The van der Waals surface area contributed by atoms with Gasteiger partial charge in [0, 0.05) is 30.8 Å². The summed E-state index contributed by atoms with van der Waals surface area (Å²) in [5.41, 5.74) is 5.98. The summed E-state index contributed by atoms with van der Waals surface area (Å²) in [6, 6.07) is 3.67. The zero-order valence-electron chi connectivity index (χ0n) is 12.7. The van der Waals surface area contributed by atoms with E-state index in [0.29, 0.717) is 18.7 Å². The number of benzene rings is 1. The molecule has 1 heterocycles. The lowest BCUT2D eigenvalue weighted by Gasteiger charge is -2.23. The van der Waals surface area contributed by atoms with Gasteiger partial charge in [0.1, 0.15) is 5.75 Å². The molecule has 1 atom stereocenters. The molecule has 0 spiro atoms. The van der Waals surface area contributed by atoms with Crippen molar-refractivity contribution >= 4 is 18.1 Å². The van der Waals surface area contributed by atoms with Gasteiger partial charge >= 0.3 is 6.61 Å². The fourth-order valence-electron chi connectivity index (χ4n) is 2.68. The van der Waals surface area contributed by atoms with Crippen LogP contribution >= 0.6 is 12.4 Å². The van der Waals surface area contributed by atoms with Crippen LogP contribution in [0.1, 0.15) is 18.9 Å². The quantitative estimate of drug-likeness (QED) is 0.629. The van der Waals surface area contributed by atoms with E-state index in [4.69, 9.17) is 5.73 Å². The van der Waals surface area contributed by atoms with Crippen LogP contribution in [0.2, 0.25) is 0 Å². The number of halogens is 3. The third-order valence-electron chi connectivity index (χ3n) is 3.99. The first-order valence-corrected chi connectivity index (χ1v) is 6.97. The molecule has 6 nitrogen and oxygen atoms in total. The van der Waals surface area contributed by atoms with Crippen LogP contribution in [0.4, 0.5) is 14.5 Å². The number of nitrogens with two attached hydrogens (primary N) is 1. The van der Waals surface area contributed by atoms with Crippen LogP contribution in [0.5, 0.6) is 5.75 Å². The van der Waals surface area contributed by atoms with Crippen LogP contribution in [0.3, 0.4) is 0 Å². The molecule has 0 bridgehead atoms. The Kier molecular flexibility index (Phi) is 6.67. The van der Waals surface area contributed by atoms with E-state index in [1.807, 2.05) is 4.90 Å². The molecule has 0 saturated carbocycles. The molecular weight excluding hydrogens is 332 g/mol. The van der Waals surface area contributed by atoms with Gasteiger partial charge in [-0.1, -0.05) is 6.92 Å². The third-order valence-corrected chi connectivity index (χ3v) is 3.99. The standard InChI is InChI=1S/C14H19F2N3O3.ClH/c1-14(8-17)4-5-18(9-14)7-10-6-11(19(20)21)2-3-12(10)22-13(15)16;/h2-3,6,13H,4-5,7-9,17H2,1H3;1H. The highest BCUT2D eigenvalue weighted by molar-refractivity contribution is 5.85. The lowest BCUT2D eigenvalue weighted by Crippen LogP contribution is -2.31. The van der Waals surface area contributed by atoms with Crippen molar-refractivity contribution < 1.29 is 18.4 Å². The van der Waals surface area contributed by atoms with Crippen molar-refractivity contribution in [2.45, 2.75) is 26.5 Å². The number of hydrogen-bond acceptors (Lipinski definition) is 5. The molecule has 0 aromatic heterocycles. The van der Waals surface area contributed by atoms with Crippen LogP contribution < -0.4 is 10.5 Å². The highest BCUT2D eigenvalue weighted by Crippen LogP contribution is 2.32. The summed E-state index contributed by atoms with van der Waals surface area (Å²) in [5, 5.41) is 10.9. The summed E-state index contributed by atoms with van der Waals surface area (Å²) in [5.74, 6) is -0.0260. The van der Waals surface area contributed by atoms with Gasteiger partial charge < -0.3 is 10.5 Å². The van der Waals surface area contributed by atoms with Crippen LogP contribution in [0, 0.1) is 15.5 Å². The molecule has 0 amide bonds. The van der Waals surface area contributed by atoms with Crippen molar-refractivity contribution in [3.05, 3.63) is 33.9 Å². The average Bonchev–Trinajstić information content (AvgIpc) is 2.82. The summed E-state index contributed by atoms with van der Waals surface area (Å²) in [6.45, 7) is 1.45. The molecular formula is C14H20ClF2N3O3. The van der Waals surface area contributed by atoms with E-state index >= 15 is 0 Å². The minimum Gasteiger partial charge on any atom is -0.434 e. The van der Waals surface area contributed by atoms with Crippen LogP contribution in [0.15, 0.2) is 18.2 Å². The summed E-state index contributed by atoms with van der Waals surface area (Å²) < 4.78 is 29.4. The Balaban J connectivity index is 0.00000264. The molecule has 1 fully saturated rings. The van der Waals surface area contributed by atoms with E-state index in [1.165, 1.54) is 12.1 Å². The largest absolute Gasteiger partial charge is 0.434 e. The Hall–Kier alpha value is -1.51. The van der Waals surface area contributed by atoms with Gasteiger partial charge in [0.25, 0.3) is 5.69 Å². The second-order valence-corrected chi connectivity index (χ2v) is 5.90. The van der Waals surface area contributed by atoms with Crippen LogP contribution in [-0.2, 0) is 6.54 Å². The first kappa shape index (κ1) is 19.5. The van der Waals surface area contributed by atoms with Crippen molar-refractivity contribution in [1.82, 2.24) is 4.90 Å². The number of nitro groups is 1. The van der Waals surface area contributed by atoms with Crippen molar-refractivity contribution in [3.8, 4) is 5.75 Å². The van der Waals surface area contributed by atoms with Gasteiger partial charge in [0.05, 0.1) is 4.92 Å². The fourth-order valence-corrected chi connectivity index (χ4v) is 2.68. The zero-order chi connectivity index (χ0) is 16.3. The van der Waals surface area contributed by atoms with Gasteiger partial charge in [-0.2, -0.15) is 8.78 Å². The molecule has 23 heavy (non-hydrogen) atoms. The highest BCUT2D eigenvalue weighted by Gasteiger charge is 2.33. The van der Waals surface area contributed by atoms with Crippen molar-refractivity contribution in [2.24, 2.45) is 11.1 Å². The van der Waals surface area contributed by atoms with Crippen LogP contribution in [0.25, 0.3) is 0 Å². The zero-order valence-corrected chi connectivity index (χ0v) is 13.5. The Morgan fingerprint density at radius 3 is 2.74 bits per heavy atom. The van der Waals surface area contributed by atoms with Crippen molar-refractivity contribution in [1.29, 1.82) is 0 Å². The SMILES string of the molecule is CC1(CN)CCN(Cc2cc([N+](=O)[O-])ccc2OC(F)F)C1.Cl. The van der Waals surface area contributed by atoms with E-state index in [0.717, 1.165) is 25.6 Å². The lowest BCUT2D eigenvalue weighted by atomic mass is 9.90. The van der Waals surface area contributed by atoms with Gasteiger partial charge in [-0.3, -0.25) is 15.0 Å². The predicted octanol–water partition coefficient (Wildman–Crippen LogP) is 2.79. The normalized spacial score (nSPS) is 21.3. The van der Waals surface area contributed by atoms with Gasteiger partial charge in [-0.05, 0) is 31.0 Å². The second-order valence-electron chi connectivity index (χ2n) is 5.90. The minimum absolute atomic E-state index is 0. The van der Waals surface area contributed by atoms with E-state index in [-0.39, 0.29) is 29.3 Å². The summed E-state index contributed by atoms with van der Waals surface area (Å²) >= 11 is 0. The maximum absolute atomic E-state index is 12.5. The molecule has 1 aliphatic heterocycles. The second kappa shape index (κ2) is 7.85. The molecule has 2 N–H and O–H groups in total. The van der Waals surface area contributed by atoms with Gasteiger partial charge in [-0.25, -0.2) is 0 Å². The predicted molar refractivity (Wildman–Crippen MR) is 84.0 cm³/mol. The molecule has 1 saturated heterocycles. The average molecular weight is 352 g/mol.